The molecule has 3 nitrogen and oxygen atoms in total. The number of hydrogen-bond donors (Lipinski definition) is 1. The van der Waals surface area contributed by atoms with E-state index in [1.54, 1.807) is 0 Å². The summed E-state index contributed by atoms with van der Waals surface area (Å²) in [6.07, 6.45) is 0. The molecule has 1 N–H and O–H groups in total. The molecule has 0 aliphatic carbocycles. The zero-order valence-corrected chi connectivity index (χ0v) is 15.7. The van der Waals surface area contributed by atoms with Crippen LogP contribution in [0.5, 0.6) is 0 Å². The highest BCUT2D eigenvalue weighted by molar-refractivity contribution is 7.99. The second-order valence-electron chi connectivity index (χ2n) is 3.95. The van der Waals surface area contributed by atoms with E-state index >= 15 is 0 Å². The van der Waals surface area contributed by atoms with Gasteiger partial charge in [0.25, 0.3) is 10.1 Å². The third-order valence-corrected chi connectivity index (χ3v) is 7.00. The van der Waals surface area contributed by atoms with Gasteiger partial charge in [0.2, 0.25) is 0 Å². The van der Waals surface area contributed by atoms with Crippen molar-refractivity contribution in [3.05, 3.63) is 49.4 Å². The summed E-state index contributed by atoms with van der Waals surface area (Å²) in [5, 5.41) is 0.504. The van der Waals surface area contributed by atoms with E-state index in [1.165, 1.54) is 24.3 Å². The van der Waals surface area contributed by atoms with Gasteiger partial charge < -0.3 is 0 Å². The first-order chi connectivity index (χ1) is 10.1. The Morgan fingerprint density at radius 2 is 1.18 bits per heavy atom. The molecule has 10 heteroatoms. The van der Waals surface area contributed by atoms with E-state index in [-0.39, 0.29) is 30.0 Å². The van der Waals surface area contributed by atoms with Crippen LogP contribution in [0.15, 0.2) is 39.0 Å². The fourth-order valence-corrected chi connectivity index (χ4v) is 4.32. The Bertz CT molecular complexity index is 806. The standard InChI is InChI=1S/C12H5Cl5O3S2/c13-7-8(14)10(16)12(11(17)9(7)15)21-5-1-3-6(4-2-5)22(18,19)20/h1-4H,(H,18,19,20). The lowest BCUT2D eigenvalue weighted by molar-refractivity contribution is 0.483. The lowest BCUT2D eigenvalue weighted by Crippen LogP contribution is -1.97. The molecule has 0 atom stereocenters. The fraction of sp³-hybridized carbons (Fsp3) is 0. The molecule has 0 bridgehead atoms. The summed E-state index contributed by atoms with van der Waals surface area (Å²) in [6.45, 7) is 0. The third-order valence-electron chi connectivity index (χ3n) is 2.51. The van der Waals surface area contributed by atoms with Gasteiger partial charge in [-0.25, -0.2) is 0 Å². The fourth-order valence-electron chi connectivity index (χ4n) is 1.47. The van der Waals surface area contributed by atoms with E-state index in [9.17, 15) is 8.42 Å². The molecule has 118 valence electrons. The van der Waals surface area contributed by atoms with Gasteiger partial charge in [0, 0.05) is 4.90 Å². The van der Waals surface area contributed by atoms with Crippen LogP contribution in [0.1, 0.15) is 0 Å². The van der Waals surface area contributed by atoms with Gasteiger partial charge in [0.15, 0.2) is 0 Å². The minimum Gasteiger partial charge on any atom is -0.282 e. The van der Waals surface area contributed by atoms with Crippen LogP contribution >= 0.6 is 69.8 Å². The summed E-state index contributed by atoms with van der Waals surface area (Å²) in [4.78, 5) is 0.786. The smallest absolute Gasteiger partial charge is 0.282 e. The van der Waals surface area contributed by atoms with Crippen molar-refractivity contribution in [1.29, 1.82) is 0 Å². The maximum Gasteiger partial charge on any atom is 0.294 e. The highest BCUT2D eigenvalue weighted by Gasteiger charge is 2.20. The van der Waals surface area contributed by atoms with E-state index < -0.39 is 10.1 Å². The minimum absolute atomic E-state index is 0.0596. The highest BCUT2D eigenvalue weighted by Crippen LogP contribution is 2.49. The van der Waals surface area contributed by atoms with Crippen molar-refractivity contribution >= 4 is 79.9 Å². The van der Waals surface area contributed by atoms with Crippen LogP contribution in [0, 0.1) is 0 Å². The molecular formula is C12H5Cl5O3S2. The van der Waals surface area contributed by atoms with E-state index in [2.05, 4.69) is 0 Å². The van der Waals surface area contributed by atoms with Crippen molar-refractivity contribution in [3.63, 3.8) is 0 Å². The molecule has 0 radical (unpaired) electrons. The van der Waals surface area contributed by atoms with Crippen LogP contribution in [0.4, 0.5) is 0 Å². The molecule has 0 heterocycles. The average molecular weight is 439 g/mol. The van der Waals surface area contributed by atoms with Crippen LogP contribution in [-0.2, 0) is 10.1 Å². The molecule has 2 aromatic rings. The first-order valence-electron chi connectivity index (χ1n) is 5.39. The summed E-state index contributed by atoms with van der Waals surface area (Å²) >= 11 is 31.2. The monoisotopic (exact) mass is 436 g/mol. The largest absolute Gasteiger partial charge is 0.294 e. The maximum atomic E-state index is 11.0. The van der Waals surface area contributed by atoms with Crippen molar-refractivity contribution in [2.24, 2.45) is 0 Å². The lowest BCUT2D eigenvalue weighted by Gasteiger charge is -2.12. The van der Waals surface area contributed by atoms with Gasteiger partial charge in [-0.15, -0.1) is 0 Å². The molecule has 0 aliphatic heterocycles. The Hall–Kier alpha value is 0.150. The molecule has 2 aromatic carbocycles. The van der Waals surface area contributed by atoms with Crippen LogP contribution < -0.4 is 0 Å². The second kappa shape index (κ2) is 6.95. The molecule has 0 aromatic heterocycles. The Kier molecular flexibility index (Phi) is 5.84. The summed E-state index contributed by atoms with van der Waals surface area (Å²) in [5.41, 5.74) is 0. The van der Waals surface area contributed by atoms with Gasteiger partial charge in [0.1, 0.15) is 0 Å². The summed E-state index contributed by atoms with van der Waals surface area (Å²) in [6, 6.07) is 5.46. The molecule has 0 amide bonds. The molecule has 0 unspecified atom stereocenters. The number of rotatable bonds is 3. The van der Waals surface area contributed by atoms with E-state index in [0.717, 1.165) is 11.8 Å². The zero-order chi connectivity index (χ0) is 16.7. The summed E-state index contributed by atoms with van der Waals surface area (Å²) in [7, 11) is -4.25. The zero-order valence-electron chi connectivity index (χ0n) is 10.3. The molecule has 22 heavy (non-hydrogen) atoms. The van der Waals surface area contributed by atoms with Crippen molar-refractivity contribution in [2.75, 3.05) is 0 Å². The molecule has 2 rings (SSSR count). The lowest BCUT2D eigenvalue weighted by atomic mass is 10.3. The van der Waals surface area contributed by atoms with Gasteiger partial charge in [-0.3, -0.25) is 4.55 Å². The molecule has 0 saturated carbocycles. The van der Waals surface area contributed by atoms with E-state index in [4.69, 9.17) is 62.6 Å². The van der Waals surface area contributed by atoms with Gasteiger partial charge >= 0.3 is 0 Å². The number of benzene rings is 2. The quantitative estimate of drug-likeness (QED) is 0.345. The van der Waals surface area contributed by atoms with Crippen LogP contribution in [0.2, 0.25) is 25.1 Å². The van der Waals surface area contributed by atoms with Crippen LogP contribution in [0.3, 0.4) is 0 Å². The Morgan fingerprint density at radius 1 is 0.773 bits per heavy atom. The van der Waals surface area contributed by atoms with Gasteiger partial charge in [-0.1, -0.05) is 69.8 Å². The highest BCUT2D eigenvalue weighted by atomic mass is 35.5. The number of halogens is 5. The molecule has 0 fully saturated rings. The summed E-state index contributed by atoms with van der Waals surface area (Å²) in [5.74, 6) is 0. The van der Waals surface area contributed by atoms with Crippen molar-refractivity contribution in [2.45, 2.75) is 14.7 Å². The minimum atomic E-state index is -4.25. The van der Waals surface area contributed by atoms with Gasteiger partial charge in [0.05, 0.1) is 34.9 Å². The predicted octanol–water partition coefficient (Wildman–Crippen LogP) is 6.35. The van der Waals surface area contributed by atoms with Gasteiger partial charge in [-0.2, -0.15) is 8.42 Å². The SMILES string of the molecule is O=S(=O)(O)c1ccc(Sc2c(Cl)c(Cl)c(Cl)c(Cl)c2Cl)cc1. The Morgan fingerprint density at radius 3 is 1.59 bits per heavy atom. The van der Waals surface area contributed by atoms with E-state index in [0.29, 0.717) is 9.79 Å². The average Bonchev–Trinajstić information content (AvgIpc) is 2.47. The van der Waals surface area contributed by atoms with Crippen LogP contribution in [0.25, 0.3) is 0 Å². The molecule has 0 aliphatic rings. The third kappa shape index (κ3) is 3.79. The van der Waals surface area contributed by atoms with Gasteiger partial charge in [-0.05, 0) is 24.3 Å². The Labute approximate surface area is 156 Å². The van der Waals surface area contributed by atoms with Crippen LogP contribution in [-0.4, -0.2) is 13.0 Å². The second-order valence-corrected chi connectivity index (χ2v) is 8.34. The Balaban J connectivity index is 2.44. The summed E-state index contributed by atoms with van der Waals surface area (Å²) < 4.78 is 30.9. The molecule has 0 saturated heterocycles. The maximum absolute atomic E-state index is 11.0. The normalized spacial score (nSPS) is 11.7. The predicted molar refractivity (Wildman–Crippen MR) is 91.9 cm³/mol. The molecule has 0 spiro atoms. The first kappa shape index (κ1) is 18.5. The first-order valence-corrected chi connectivity index (χ1v) is 9.54. The topological polar surface area (TPSA) is 54.4 Å². The van der Waals surface area contributed by atoms with Crippen molar-refractivity contribution < 1.29 is 13.0 Å². The molecular weight excluding hydrogens is 434 g/mol. The van der Waals surface area contributed by atoms with E-state index in [1.807, 2.05) is 0 Å². The number of hydrogen-bond acceptors (Lipinski definition) is 3. The van der Waals surface area contributed by atoms with Crippen molar-refractivity contribution in [3.8, 4) is 0 Å². The van der Waals surface area contributed by atoms with Crippen molar-refractivity contribution in [1.82, 2.24) is 0 Å².